The second-order valence-electron chi connectivity index (χ2n) is 4.55. The zero-order valence-corrected chi connectivity index (χ0v) is 12.1. The van der Waals surface area contributed by atoms with Gasteiger partial charge in [0.15, 0.2) is 11.5 Å². The van der Waals surface area contributed by atoms with Crippen molar-refractivity contribution in [2.45, 2.75) is 11.8 Å². The maximum atomic E-state index is 9.22. The van der Waals surface area contributed by atoms with E-state index in [9.17, 15) is 5.26 Å². The van der Waals surface area contributed by atoms with Crippen molar-refractivity contribution in [3.63, 3.8) is 0 Å². The zero-order valence-electron chi connectivity index (χ0n) is 11.3. The van der Waals surface area contributed by atoms with E-state index in [1.807, 2.05) is 43.5 Å². The minimum Gasteiger partial charge on any atom is -0.454 e. The number of thioether (sulfide) groups is 1. The van der Waals surface area contributed by atoms with Gasteiger partial charge in [0.2, 0.25) is 6.79 Å². The average molecular weight is 283 g/mol. The predicted molar refractivity (Wildman–Crippen MR) is 79.2 cm³/mol. The molecule has 3 rings (SSSR count). The highest BCUT2D eigenvalue weighted by atomic mass is 32.2. The highest BCUT2D eigenvalue weighted by molar-refractivity contribution is 7.98. The summed E-state index contributed by atoms with van der Waals surface area (Å²) in [5.74, 6) is 1.56. The number of benzene rings is 2. The van der Waals surface area contributed by atoms with Crippen LogP contribution in [-0.4, -0.2) is 13.0 Å². The number of nitrogens with zero attached hydrogens (tertiary/aromatic N) is 1. The molecule has 100 valence electrons. The predicted octanol–water partition coefficient (Wildman–Crippen LogP) is 3.98. The van der Waals surface area contributed by atoms with E-state index >= 15 is 0 Å². The second kappa shape index (κ2) is 5.10. The highest BCUT2D eigenvalue weighted by Gasteiger charge is 2.15. The molecule has 3 nitrogen and oxygen atoms in total. The summed E-state index contributed by atoms with van der Waals surface area (Å²) < 4.78 is 10.7. The fourth-order valence-corrected chi connectivity index (χ4v) is 2.96. The largest absolute Gasteiger partial charge is 0.454 e. The van der Waals surface area contributed by atoms with Crippen LogP contribution in [0.5, 0.6) is 11.5 Å². The first-order valence-corrected chi connectivity index (χ1v) is 7.44. The first-order valence-electron chi connectivity index (χ1n) is 6.21. The van der Waals surface area contributed by atoms with Crippen LogP contribution in [0.25, 0.3) is 11.1 Å². The van der Waals surface area contributed by atoms with Crippen molar-refractivity contribution >= 4 is 11.8 Å². The molecule has 1 aliphatic heterocycles. The lowest BCUT2D eigenvalue weighted by molar-refractivity contribution is 0.174. The van der Waals surface area contributed by atoms with Gasteiger partial charge in [-0.15, -0.1) is 11.8 Å². The molecular weight excluding hydrogens is 270 g/mol. The molecule has 0 radical (unpaired) electrons. The summed E-state index contributed by atoms with van der Waals surface area (Å²) in [6.07, 6.45) is 1.99. The molecule has 0 spiro atoms. The molecule has 1 heterocycles. The van der Waals surface area contributed by atoms with E-state index in [0.717, 1.165) is 38.6 Å². The maximum Gasteiger partial charge on any atom is 0.231 e. The Bertz CT molecular complexity index is 719. The Balaban J connectivity index is 2.11. The summed E-state index contributed by atoms with van der Waals surface area (Å²) in [6, 6.07) is 12.3. The Hall–Kier alpha value is -2.12. The summed E-state index contributed by atoms with van der Waals surface area (Å²) in [6.45, 7) is 2.25. The van der Waals surface area contributed by atoms with Gasteiger partial charge in [-0.05, 0) is 48.1 Å². The molecule has 1 aliphatic rings. The lowest BCUT2D eigenvalue weighted by Gasteiger charge is -2.09. The van der Waals surface area contributed by atoms with Gasteiger partial charge < -0.3 is 9.47 Å². The molecule has 0 fully saturated rings. The highest BCUT2D eigenvalue weighted by Crippen LogP contribution is 2.37. The Morgan fingerprint density at radius 1 is 1.10 bits per heavy atom. The van der Waals surface area contributed by atoms with E-state index < -0.39 is 0 Å². The van der Waals surface area contributed by atoms with Crippen molar-refractivity contribution in [2.24, 2.45) is 0 Å². The zero-order chi connectivity index (χ0) is 14.1. The molecule has 0 saturated heterocycles. The van der Waals surface area contributed by atoms with Crippen molar-refractivity contribution in [2.75, 3.05) is 13.0 Å². The second-order valence-corrected chi connectivity index (χ2v) is 5.40. The molecule has 2 aromatic rings. The molecule has 0 atom stereocenters. The lowest BCUT2D eigenvalue weighted by atomic mass is 10.00. The molecule has 0 amide bonds. The third-order valence-electron chi connectivity index (χ3n) is 3.34. The van der Waals surface area contributed by atoms with Crippen LogP contribution in [0.4, 0.5) is 0 Å². The maximum absolute atomic E-state index is 9.22. The third-order valence-corrected chi connectivity index (χ3v) is 4.10. The van der Waals surface area contributed by atoms with Gasteiger partial charge >= 0.3 is 0 Å². The van der Waals surface area contributed by atoms with Crippen molar-refractivity contribution < 1.29 is 9.47 Å². The van der Waals surface area contributed by atoms with E-state index in [1.54, 1.807) is 11.8 Å². The number of rotatable bonds is 2. The minimum absolute atomic E-state index is 0.279. The minimum atomic E-state index is 0.279. The number of nitriles is 1. The van der Waals surface area contributed by atoms with Crippen LogP contribution in [0.15, 0.2) is 35.2 Å². The fourth-order valence-electron chi connectivity index (χ4n) is 2.30. The number of fused-ring (bicyclic) bond motifs is 1. The molecule has 0 unspecified atom stereocenters. The van der Waals surface area contributed by atoms with Gasteiger partial charge in [-0.2, -0.15) is 5.26 Å². The third kappa shape index (κ3) is 2.10. The Morgan fingerprint density at radius 3 is 2.65 bits per heavy atom. The fraction of sp³-hybridized carbons (Fsp3) is 0.188. The first-order chi connectivity index (χ1) is 9.72. The van der Waals surface area contributed by atoms with Crippen LogP contribution in [0.2, 0.25) is 0 Å². The number of hydrogen-bond acceptors (Lipinski definition) is 4. The Labute approximate surface area is 122 Å². The topological polar surface area (TPSA) is 42.2 Å². The van der Waals surface area contributed by atoms with Crippen molar-refractivity contribution in [1.82, 2.24) is 0 Å². The van der Waals surface area contributed by atoms with Crippen LogP contribution < -0.4 is 9.47 Å². The summed E-state index contributed by atoms with van der Waals surface area (Å²) >= 11 is 1.59. The smallest absolute Gasteiger partial charge is 0.231 e. The van der Waals surface area contributed by atoms with Crippen molar-refractivity contribution in [3.05, 3.63) is 41.5 Å². The number of aryl methyl sites for hydroxylation is 1. The number of hydrogen-bond donors (Lipinski definition) is 0. The van der Waals surface area contributed by atoms with Gasteiger partial charge in [-0.1, -0.05) is 12.1 Å². The Morgan fingerprint density at radius 2 is 1.90 bits per heavy atom. The normalized spacial score (nSPS) is 12.2. The van der Waals surface area contributed by atoms with Crippen molar-refractivity contribution in [1.29, 1.82) is 5.26 Å². The van der Waals surface area contributed by atoms with Gasteiger partial charge in [0.25, 0.3) is 0 Å². The summed E-state index contributed by atoms with van der Waals surface area (Å²) in [4.78, 5) is 1.00. The molecule has 4 heteroatoms. The molecule has 2 aromatic carbocycles. The molecule has 0 N–H and O–H groups in total. The monoisotopic (exact) mass is 283 g/mol. The summed E-state index contributed by atoms with van der Waals surface area (Å²) in [5.41, 5.74) is 3.90. The van der Waals surface area contributed by atoms with Crippen LogP contribution in [-0.2, 0) is 0 Å². The van der Waals surface area contributed by atoms with E-state index in [1.165, 1.54) is 0 Å². The molecule has 0 aliphatic carbocycles. The van der Waals surface area contributed by atoms with Crippen LogP contribution in [0.3, 0.4) is 0 Å². The average Bonchev–Trinajstić information content (AvgIpc) is 2.93. The van der Waals surface area contributed by atoms with Gasteiger partial charge in [0, 0.05) is 4.90 Å². The molecule has 0 bridgehead atoms. The van der Waals surface area contributed by atoms with Gasteiger partial charge in [-0.3, -0.25) is 0 Å². The van der Waals surface area contributed by atoms with Gasteiger partial charge in [0.05, 0.1) is 5.56 Å². The van der Waals surface area contributed by atoms with Crippen molar-refractivity contribution in [3.8, 4) is 28.7 Å². The lowest BCUT2D eigenvalue weighted by Crippen LogP contribution is -1.92. The van der Waals surface area contributed by atoms with Gasteiger partial charge in [0.1, 0.15) is 6.07 Å². The SMILES string of the molecule is CSc1cc(-c2ccc3c(c2)OCO3)cc(C)c1C#N. The van der Waals surface area contributed by atoms with Crippen LogP contribution >= 0.6 is 11.8 Å². The van der Waals surface area contributed by atoms with E-state index in [0.29, 0.717) is 0 Å². The Kier molecular flexibility index (Phi) is 3.29. The quantitative estimate of drug-likeness (QED) is 0.782. The molecule has 20 heavy (non-hydrogen) atoms. The summed E-state index contributed by atoms with van der Waals surface area (Å²) in [7, 11) is 0. The number of ether oxygens (including phenoxy) is 2. The molecular formula is C16H13NO2S. The molecule has 0 saturated carbocycles. The first kappa shape index (κ1) is 12.9. The standard InChI is InChI=1S/C16H13NO2S/c1-10-5-12(7-16(20-2)13(10)8-17)11-3-4-14-15(6-11)19-9-18-14/h3-7H,9H2,1-2H3. The molecule has 0 aromatic heterocycles. The van der Waals surface area contributed by atoms with Crippen LogP contribution in [0, 0.1) is 18.3 Å². The van der Waals surface area contributed by atoms with E-state index in [4.69, 9.17) is 9.47 Å². The van der Waals surface area contributed by atoms with E-state index in [2.05, 4.69) is 6.07 Å². The van der Waals surface area contributed by atoms with Crippen LogP contribution in [0.1, 0.15) is 11.1 Å². The van der Waals surface area contributed by atoms with Gasteiger partial charge in [-0.25, -0.2) is 0 Å². The summed E-state index contributed by atoms with van der Waals surface area (Å²) in [5, 5.41) is 9.22. The van der Waals surface area contributed by atoms with E-state index in [-0.39, 0.29) is 6.79 Å².